The number of alkyl halides is 3. The fourth-order valence-electron chi connectivity index (χ4n) is 1.39. The molecule has 90 valence electrons. The highest BCUT2D eigenvalue weighted by Crippen LogP contribution is 2.29. The Morgan fingerprint density at radius 3 is 2.41 bits per heavy atom. The third-order valence-corrected chi connectivity index (χ3v) is 2.37. The van der Waals surface area contributed by atoms with E-state index in [4.69, 9.17) is 5.73 Å². The van der Waals surface area contributed by atoms with Crippen LogP contribution in [0.4, 0.5) is 19.0 Å². The Labute approximate surface area is 94.7 Å². The first-order valence-electron chi connectivity index (χ1n) is 4.73. The molecule has 2 rings (SSSR count). The first-order valence-corrected chi connectivity index (χ1v) is 4.73. The lowest BCUT2D eigenvalue weighted by Crippen LogP contribution is -2.07. The Morgan fingerprint density at radius 2 is 2.00 bits per heavy atom. The Balaban J connectivity index is 2.40. The summed E-state index contributed by atoms with van der Waals surface area (Å²) in [5, 5.41) is 6.46. The highest BCUT2D eigenvalue weighted by Gasteiger charge is 2.32. The number of hydrogen-bond acceptors (Lipinski definition) is 3. The van der Waals surface area contributed by atoms with Crippen molar-refractivity contribution in [3.05, 3.63) is 29.6 Å². The van der Waals surface area contributed by atoms with Crippen molar-refractivity contribution in [2.45, 2.75) is 13.1 Å². The van der Waals surface area contributed by atoms with Crippen LogP contribution in [-0.4, -0.2) is 15.2 Å². The lowest BCUT2D eigenvalue weighted by atomic mass is 10.1. The zero-order valence-corrected chi connectivity index (χ0v) is 8.84. The quantitative estimate of drug-likeness (QED) is 0.806. The van der Waals surface area contributed by atoms with Gasteiger partial charge in [-0.05, 0) is 19.1 Å². The number of nitrogens with one attached hydrogen (secondary N) is 1. The fraction of sp³-hybridized carbons (Fsp3) is 0.200. The van der Waals surface area contributed by atoms with Crippen LogP contribution in [0.3, 0.4) is 0 Å². The van der Waals surface area contributed by atoms with E-state index >= 15 is 0 Å². The molecular formula is C10H9F3N4. The van der Waals surface area contributed by atoms with Crippen molar-refractivity contribution in [2.24, 2.45) is 0 Å². The highest BCUT2D eigenvalue weighted by atomic mass is 19.4. The summed E-state index contributed by atoms with van der Waals surface area (Å²) in [6.45, 7) is 1.73. The summed E-state index contributed by atoms with van der Waals surface area (Å²) < 4.78 is 36.9. The van der Waals surface area contributed by atoms with E-state index in [-0.39, 0.29) is 0 Å². The minimum Gasteiger partial charge on any atom is -0.384 e. The summed E-state index contributed by atoms with van der Waals surface area (Å²) in [5.74, 6) is 0.389. The largest absolute Gasteiger partial charge is 0.433 e. The molecule has 0 aliphatic carbocycles. The van der Waals surface area contributed by atoms with Gasteiger partial charge in [0.25, 0.3) is 0 Å². The summed E-state index contributed by atoms with van der Waals surface area (Å²) in [5.41, 5.74) is 6.31. The highest BCUT2D eigenvalue weighted by molar-refractivity contribution is 5.66. The number of aromatic amines is 1. The molecule has 0 aromatic carbocycles. The van der Waals surface area contributed by atoms with Crippen molar-refractivity contribution in [3.8, 4) is 11.3 Å². The van der Waals surface area contributed by atoms with Crippen molar-refractivity contribution in [1.82, 2.24) is 15.2 Å². The molecule has 0 amide bonds. The number of nitrogen functional groups attached to an aromatic ring is 1. The van der Waals surface area contributed by atoms with Gasteiger partial charge in [0.2, 0.25) is 0 Å². The van der Waals surface area contributed by atoms with Gasteiger partial charge in [-0.15, -0.1) is 0 Å². The molecule has 4 nitrogen and oxygen atoms in total. The summed E-state index contributed by atoms with van der Waals surface area (Å²) in [7, 11) is 0. The van der Waals surface area contributed by atoms with E-state index in [0.717, 1.165) is 12.3 Å². The standard InChI is InChI=1S/C10H9F3N4/c1-5-8(16-17-9(5)14)6-2-3-7(15-4-6)10(11,12)13/h2-4H,1H3,(H3,14,16,17). The topological polar surface area (TPSA) is 67.6 Å². The van der Waals surface area contributed by atoms with Crippen LogP contribution in [0.5, 0.6) is 0 Å². The monoisotopic (exact) mass is 242 g/mol. The molecule has 0 saturated heterocycles. The molecule has 3 N–H and O–H groups in total. The Kier molecular flexibility index (Phi) is 2.53. The number of anilines is 1. The smallest absolute Gasteiger partial charge is 0.384 e. The minimum absolute atomic E-state index is 0.389. The van der Waals surface area contributed by atoms with Crippen molar-refractivity contribution >= 4 is 5.82 Å². The van der Waals surface area contributed by atoms with Gasteiger partial charge in [-0.3, -0.25) is 10.1 Å². The van der Waals surface area contributed by atoms with Gasteiger partial charge in [0.05, 0.1) is 5.69 Å². The van der Waals surface area contributed by atoms with Crippen LogP contribution in [0.1, 0.15) is 11.3 Å². The van der Waals surface area contributed by atoms with E-state index in [2.05, 4.69) is 15.2 Å². The molecule has 0 atom stereocenters. The zero-order valence-electron chi connectivity index (χ0n) is 8.84. The maximum Gasteiger partial charge on any atom is 0.433 e. The Hall–Kier alpha value is -2.05. The second-order valence-corrected chi connectivity index (χ2v) is 3.54. The van der Waals surface area contributed by atoms with Crippen molar-refractivity contribution in [2.75, 3.05) is 5.73 Å². The molecule has 0 unspecified atom stereocenters. The van der Waals surface area contributed by atoms with E-state index in [1.165, 1.54) is 6.07 Å². The summed E-state index contributed by atoms with van der Waals surface area (Å²) in [4.78, 5) is 3.36. The maximum atomic E-state index is 12.3. The number of H-pyrrole nitrogens is 1. The number of nitrogens with two attached hydrogens (primary N) is 1. The SMILES string of the molecule is Cc1c(-c2ccc(C(F)(F)F)nc2)n[nH]c1N. The molecule has 0 bridgehead atoms. The second kappa shape index (κ2) is 3.76. The number of pyridine rings is 1. The van der Waals surface area contributed by atoms with Gasteiger partial charge < -0.3 is 5.73 Å². The number of nitrogens with zero attached hydrogens (tertiary/aromatic N) is 2. The molecule has 0 spiro atoms. The molecule has 0 saturated carbocycles. The van der Waals surface area contributed by atoms with Gasteiger partial charge in [0.15, 0.2) is 0 Å². The van der Waals surface area contributed by atoms with Crippen LogP contribution in [0.2, 0.25) is 0 Å². The third kappa shape index (κ3) is 2.08. The lowest BCUT2D eigenvalue weighted by molar-refractivity contribution is -0.141. The van der Waals surface area contributed by atoms with Crippen LogP contribution < -0.4 is 5.73 Å². The molecule has 0 aliphatic rings. The van der Waals surface area contributed by atoms with Crippen molar-refractivity contribution < 1.29 is 13.2 Å². The first kappa shape index (κ1) is 11.4. The molecular weight excluding hydrogens is 233 g/mol. The van der Waals surface area contributed by atoms with E-state index < -0.39 is 11.9 Å². The van der Waals surface area contributed by atoms with Gasteiger partial charge in [0, 0.05) is 17.3 Å². The number of aromatic nitrogens is 3. The van der Waals surface area contributed by atoms with Crippen molar-refractivity contribution in [1.29, 1.82) is 0 Å². The van der Waals surface area contributed by atoms with E-state index in [1.807, 2.05) is 0 Å². The summed E-state index contributed by atoms with van der Waals surface area (Å²) in [6, 6.07) is 2.23. The van der Waals surface area contributed by atoms with Crippen LogP contribution >= 0.6 is 0 Å². The summed E-state index contributed by atoms with van der Waals surface area (Å²) >= 11 is 0. The average molecular weight is 242 g/mol. The molecule has 0 radical (unpaired) electrons. The first-order chi connectivity index (χ1) is 7.89. The predicted molar refractivity (Wildman–Crippen MR) is 56.0 cm³/mol. The van der Waals surface area contributed by atoms with Crippen LogP contribution in [-0.2, 0) is 6.18 Å². The molecule has 2 heterocycles. The molecule has 17 heavy (non-hydrogen) atoms. The van der Waals surface area contributed by atoms with Gasteiger partial charge in [0.1, 0.15) is 11.5 Å². The second-order valence-electron chi connectivity index (χ2n) is 3.54. The Morgan fingerprint density at radius 1 is 1.29 bits per heavy atom. The molecule has 0 fully saturated rings. The average Bonchev–Trinajstić information content (AvgIpc) is 2.59. The third-order valence-electron chi connectivity index (χ3n) is 2.37. The van der Waals surface area contributed by atoms with Gasteiger partial charge >= 0.3 is 6.18 Å². The van der Waals surface area contributed by atoms with Gasteiger partial charge in [-0.1, -0.05) is 0 Å². The molecule has 0 aliphatic heterocycles. The fourth-order valence-corrected chi connectivity index (χ4v) is 1.39. The minimum atomic E-state index is -4.43. The van der Waals surface area contributed by atoms with E-state index in [0.29, 0.717) is 22.6 Å². The lowest BCUT2D eigenvalue weighted by Gasteiger charge is -2.05. The number of hydrogen-bond donors (Lipinski definition) is 2. The van der Waals surface area contributed by atoms with Crippen LogP contribution in [0.15, 0.2) is 18.3 Å². The number of rotatable bonds is 1. The van der Waals surface area contributed by atoms with Crippen LogP contribution in [0.25, 0.3) is 11.3 Å². The van der Waals surface area contributed by atoms with Crippen molar-refractivity contribution in [3.63, 3.8) is 0 Å². The van der Waals surface area contributed by atoms with E-state index in [1.54, 1.807) is 6.92 Å². The summed E-state index contributed by atoms with van der Waals surface area (Å²) in [6.07, 6.45) is -3.30. The van der Waals surface area contributed by atoms with Gasteiger partial charge in [-0.25, -0.2) is 0 Å². The molecule has 7 heteroatoms. The Bertz CT molecular complexity index is 527. The molecule has 2 aromatic rings. The van der Waals surface area contributed by atoms with Gasteiger partial charge in [-0.2, -0.15) is 18.3 Å². The van der Waals surface area contributed by atoms with Crippen LogP contribution in [0, 0.1) is 6.92 Å². The number of halogens is 3. The normalized spacial score (nSPS) is 11.8. The maximum absolute atomic E-state index is 12.3. The zero-order chi connectivity index (χ0) is 12.6. The van der Waals surface area contributed by atoms with E-state index in [9.17, 15) is 13.2 Å². The predicted octanol–water partition coefficient (Wildman–Crippen LogP) is 2.38. The molecule has 2 aromatic heterocycles.